The molecule has 1 aliphatic heterocycles. The first-order chi connectivity index (χ1) is 4.18. The molecule has 2 heteroatoms. The first kappa shape index (κ1) is 6.59. The lowest BCUT2D eigenvalue weighted by molar-refractivity contribution is 0.511. The Kier molecular flexibility index (Phi) is 1.74. The minimum atomic E-state index is 0.515. The van der Waals surface area contributed by atoms with E-state index >= 15 is 0 Å². The summed E-state index contributed by atoms with van der Waals surface area (Å²) in [6, 6.07) is 1.12. The maximum absolute atomic E-state index is 4.34. The van der Waals surface area contributed by atoms with Gasteiger partial charge in [-0.1, -0.05) is 0 Å². The Bertz CT molecular complexity index is 129. The second-order valence-electron chi connectivity index (χ2n) is 2.84. The van der Waals surface area contributed by atoms with E-state index in [1.54, 1.807) is 0 Å². The second kappa shape index (κ2) is 2.38. The molecule has 0 unspecified atom stereocenters. The van der Waals surface area contributed by atoms with E-state index in [9.17, 15) is 0 Å². The third kappa shape index (κ3) is 1.70. The van der Waals surface area contributed by atoms with E-state index in [1.807, 2.05) is 6.92 Å². The number of hydrogen-bond donors (Lipinski definition) is 1. The summed E-state index contributed by atoms with van der Waals surface area (Å²) in [6.45, 7) is 6.36. The standard InChI is InChI=1S/C7H14N2/c1-5-4-6(2)9-7(3)8-5/h5-6H,4H2,1-3H3,(H,8,9)/t5-,6-/m1/s1. The highest BCUT2D eigenvalue weighted by molar-refractivity contribution is 5.80. The van der Waals surface area contributed by atoms with Crippen LogP contribution in [0.1, 0.15) is 27.2 Å². The fourth-order valence-electron chi connectivity index (χ4n) is 1.35. The Morgan fingerprint density at radius 3 is 2.67 bits per heavy atom. The van der Waals surface area contributed by atoms with Gasteiger partial charge in [0.1, 0.15) is 0 Å². The molecule has 0 saturated heterocycles. The van der Waals surface area contributed by atoms with Gasteiger partial charge in [-0.2, -0.15) is 0 Å². The molecule has 0 radical (unpaired) electrons. The predicted octanol–water partition coefficient (Wildman–Crippen LogP) is 1.18. The van der Waals surface area contributed by atoms with E-state index in [-0.39, 0.29) is 0 Å². The first-order valence-electron chi connectivity index (χ1n) is 3.49. The SMILES string of the molecule is CC1=N[C@H](C)C[C@@H](C)N1. The Hall–Kier alpha value is -0.530. The minimum absolute atomic E-state index is 0.515. The van der Waals surface area contributed by atoms with Gasteiger partial charge < -0.3 is 5.32 Å². The molecule has 0 bridgehead atoms. The zero-order valence-corrected chi connectivity index (χ0v) is 6.31. The fourth-order valence-corrected chi connectivity index (χ4v) is 1.35. The van der Waals surface area contributed by atoms with Crippen LogP contribution < -0.4 is 5.32 Å². The Balaban J connectivity index is 2.56. The molecule has 1 aliphatic rings. The van der Waals surface area contributed by atoms with E-state index in [0.29, 0.717) is 12.1 Å². The number of rotatable bonds is 0. The molecular formula is C7H14N2. The van der Waals surface area contributed by atoms with Crippen LogP contribution in [0.25, 0.3) is 0 Å². The molecule has 0 spiro atoms. The lowest BCUT2D eigenvalue weighted by Gasteiger charge is -2.23. The van der Waals surface area contributed by atoms with Crippen molar-refractivity contribution >= 4 is 5.84 Å². The third-order valence-corrected chi connectivity index (χ3v) is 1.56. The van der Waals surface area contributed by atoms with Gasteiger partial charge in [0.05, 0.1) is 11.9 Å². The molecule has 1 N–H and O–H groups in total. The highest BCUT2D eigenvalue weighted by Gasteiger charge is 2.12. The van der Waals surface area contributed by atoms with E-state index in [4.69, 9.17) is 0 Å². The van der Waals surface area contributed by atoms with Gasteiger partial charge in [-0.25, -0.2) is 0 Å². The van der Waals surface area contributed by atoms with Gasteiger partial charge in [0, 0.05) is 6.04 Å². The lowest BCUT2D eigenvalue weighted by atomic mass is 10.1. The van der Waals surface area contributed by atoms with Gasteiger partial charge in [-0.15, -0.1) is 0 Å². The van der Waals surface area contributed by atoms with Crippen molar-refractivity contribution in [2.24, 2.45) is 4.99 Å². The maximum atomic E-state index is 4.34. The van der Waals surface area contributed by atoms with Crippen molar-refractivity contribution < 1.29 is 0 Å². The van der Waals surface area contributed by atoms with Crippen LogP contribution in [0, 0.1) is 0 Å². The Morgan fingerprint density at radius 2 is 2.22 bits per heavy atom. The number of aliphatic imine (C=N–C) groups is 1. The van der Waals surface area contributed by atoms with Crippen molar-refractivity contribution in [3.8, 4) is 0 Å². The highest BCUT2D eigenvalue weighted by Crippen LogP contribution is 2.06. The molecule has 0 aliphatic carbocycles. The van der Waals surface area contributed by atoms with Crippen LogP contribution in [0.2, 0.25) is 0 Å². The summed E-state index contributed by atoms with van der Waals surface area (Å²) in [5.74, 6) is 1.08. The molecule has 52 valence electrons. The third-order valence-electron chi connectivity index (χ3n) is 1.56. The van der Waals surface area contributed by atoms with Crippen LogP contribution in [0.4, 0.5) is 0 Å². The lowest BCUT2D eigenvalue weighted by Crippen LogP contribution is -2.37. The molecule has 0 amide bonds. The van der Waals surface area contributed by atoms with Gasteiger partial charge in [-0.3, -0.25) is 4.99 Å². The monoisotopic (exact) mass is 126 g/mol. The molecular weight excluding hydrogens is 112 g/mol. The molecule has 2 atom stereocenters. The molecule has 0 aromatic carbocycles. The second-order valence-corrected chi connectivity index (χ2v) is 2.84. The molecule has 9 heavy (non-hydrogen) atoms. The zero-order valence-electron chi connectivity index (χ0n) is 6.31. The molecule has 0 aromatic rings. The predicted molar refractivity (Wildman–Crippen MR) is 39.8 cm³/mol. The van der Waals surface area contributed by atoms with Crippen LogP contribution in [0.5, 0.6) is 0 Å². The molecule has 0 saturated carbocycles. The number of hydrogen-bond acceptors (Lipinski definition) is 2. The number of nitrogens with one attached hydrogen (secondary N) is 1. The zero-order chi connectivity index (χ0) is 6.85. The van der Waals surface area contributed by atoms with E-state index in [2.05, 4.69) is 24.2 Å². The molecule has 1 heterocycles. The minimum Gasteiger partial charge on any atom is -0.372 e. The molecule has 0 aromatic heterocycles. The summed E-state index contributed by atoms with van der Waals surface area (Å²) >= 11 is 0. The highest BCUT2D eigenvalue weighted by atomic mass is 15.1. The summed E-state index contributed by atoms with van der Waals surface area (Å²) in [5, 5.41) is 3.26. The fraction of sp³-hybridized carbons (Fsp3) is 0.857. The van der Waals surface area contributed by atoms with Gasteiger partial charge in [-0.05, 0) is 27.2 Å². The molecule has 1 rings (SSSR count). The smallest absolute Gasteiger partial charge is 0.0937 e. The van der Waals surface area contributed by atoms with Gasteiger partial charge >= 0.3 is 0 Å². The van der Waals surface area contributed by atoms with Crippen molar-refractivity contribution in [3.05, 3.63) is 0 Å². The summed E-state index contributed by atoms with van der Waals surface area (Å²) < 4.78 is 0. The van der Waals surface area contributed by atoms with Crippen LogP contribution in [0.15, 0.2) is 4.99 Å². The van der Waals surface area contributed by atoms with E-state index in [0.717, 1.165) is 12.3 Å². The topological polar surface area (TPSA) is 24.4 Å². The van der Waals surface area contributed by atoms with Crippen LogP contribution in [0.3, 0.4) is 0 Å². The van der Waals surface area contributed by atoms with Gasteiger partial charge in [0.15, 0.2) is 0 Å². The first-order valence-corrected chi connectivity index (χ1v) is 3.49. The van der Waals surface area contributed by atoms with Crippen LogP contribution >= 0.6 is 0 Å². The summed E-state index contributed by atoms with van der Waals surface area (Å²) in [4.78, 5) is 4.34. The van der Waals surface area contributed by atoms with Gasteiger partial charge in [0.2, 0.25) is 0 Å². The van der Waals surface area contributed by atoms with Crippen LogP contribution in [-0.4, -0.2) is 17.9 Å². The van der Waals surface area contributed by atoms with Crippen molar-refractivity contribution in [1.82, 2.24) is 5.32 Å². The van der Waals surface area contributed by atoms with Crippen LogP contribution in [-0.2, 0) is 0 Å². The largest absolute Gasteiger partial charge is 0.372 e. The quantitative estimate of drug-likeness (QED) is 0.517. The Morgan fingerprint density at radius 1 is 1.56 bits per heavy atom. The summed E-state index contributed by atoms with van der Waals surface area (Å²) in [6.07, 6.45) is 1.16. The summed E-state index contributed by atoms with van der Waals surface area (Å²) in [5.41, 5.74) is 0. The van der Waals surface area contributed by atoms with Crippen molar-refractivity contribution in [2.75, 3.05) is 0 Å². The van der Waals surface area contributed by atoms with Gasteiger partial charge in [0.25, 0.3) is 0 Å². The molecule has 2 nitrogen and oxygen atoms in total. The maximum Gasteiger partial charge on any atom is 0.0937 e. The summed E-state index contributed by atoms with van der Waals surface area (Å²) in [7, 11) is 0. The van der Waals surface area contributed by atoms with Crippen molar-refractivity contribution in [3.63, 3.8) is 0 Å². The van der Waals surface area contributed by atoms with Crippen molar-refractivity contribution in [1.29, 1.82) is 0 Å². The van der Waals surface area contributed by atoms with E-state index < -0.39 is 0 Å². The Labute approximate surface area is 56.4 Å². The normalized spacial score (nSPS) is 35.2. The number of amidine groups is 1. The molecule has 0 fully saturated rings. The average Bonchev–Trinajstić information content (AvgIpc) is 1.59. The van der Waals surface area contributed by atoms with E-state index in [1.165, 1.54) is 0 Å². The average molecular weight is 126 g/mol. The van der Waals surface area contributed by atoms with Crippen molar-refractivity contribution in [2.45, 2.75) is 39.3 Å². The number of nitrogens with zero attached hydrogens (tertiary/aromatic N) is 1.